The fourth-order valence-corrected chi connectivity index (χ4v) is 5.11. The van der Waals surface area contributed by atoms with Gasteiger partial charge in [-0.15, -0.1) is 0 Å². The van der Waals surface area contributed by atoms with Crippen LogP contribution >= 0.6 is 0 Å². The monoisotopic (exact) mass is 356 g/mol. The number of rotatable bonds is 4. The maximum absolute atomic E-state index is 12.6. The van der Waals surface area contributed by atoms with Crippen LogP contribution in [0.5, 0.6) is 0 Å². The van der Waals surface area contributed by atoms with Gasteiger partial charge in [0.1, 0.15) is 5.76 Å². The van der Waals surface area contributed by atoms with E-state index in [2.05, 4.69) is 15.2 Å². The molecule has 0 spiro atoms. The molecule has 2 N–H and O–H groups in total. The SMILES string of the molecule is Cc1cc(NC(=O)N2CCCC(S(=O)(=O)NC3CCCC3)C2)no1. The molecule has 0 radical (unpaired) electrons. The van der Waals surface area contributed by atoms with Crippen LogP contribution in [0, 0.1) is 6.92 Å². The van der Waals surface area contributed by atoms with Gasteiger partial charge in [-0.25, -0.2) is 17.9 Å². The van der Waals surface area contributed by atoms with Crippen LogP contribution < -0.4 is 10.0 Å². The lowest BCUT2D eigenvalue weighted by Gasteiger charge is -2.32. The van der Waals surface area contributed by atoms with Gasteiger partial charge in [0.15, 0.2) is 5.82 Å². The number of anilines is 1. The number of aryl methyl sites for hydroxylation is 1. The van der Waals surface area contributed by atoms with Crippen LogP contribution in [0.3, 0.4) is 0 Å². The predicted octanol–water partition coefficient (Wildman–Crippen LogP) is 1.84. The zero-order valence-electron chi connectivity index (χ0n) is 13.8. The third-order valence-corrected chi connectivity index (χ3v) is 6.58. The zero-order valence-corrected chi connectivity index (χ0v) is 14.6. The lowest BCUT2D eigenvalue weighted by atomic mass is 10.1. The first kappa shape index (κ1) is 17.2. The molecule has 1 saturated carbocycles. The second kappa shape index (κ2) is 7.10. The van der Waals surface area contributed by atoms with Gasteiger partial charge in [0.05, 0.1) is 5.25 Å². The number of likely N-dealkylation sites (tertiary alicyclic amines) is 1. The van der Waals surface area contributed by atoms with Crippen LogP contribution in [0.25, 0.3) is 0 Å². The number of carbonyl (C=O) groups excluding carboxylic acids is 1. The highest BCUT2D eigenvalue weighted by Gasteiger charge is 2.34. The molecule has 1 unspecified atom stereocenters. The Morgan fingerprint density at radius 1 is 1.29 bits per heavy atom. The molecular weight excluding hydrogens is 332 g/mol. The Morgan fingerprint density at radius 2 is 2.04 bits per heavy atom. The maximum Gasteiger partial charge on any atom is 0.323 e. The highest BCUT2D eigenvalue weighted by molar-refractivity contribution is 7.90. The van der Waals surface area contributed by atoms with Gasteiger partial charge < -0.3 is 9.42 Å². The highest BCUT2D eigenvalue weighted by atomic mass is 32.2. The van der Waals surface area contributed by atoms with Gasteiger partial charge in [-0.1, -0.05) is 18.0 Å². The van der Waals surface area contributed by atoms with Crippen LogP contribution in [0.1, 0.15) is 44.3 Å². The minimum Gasteiger partial charge on any atom is -0.360 e. The Balaban J connectivity index is 1.59. The van der Waals surface area contributed by atoms with Crippen LogP contribution in [-0.4, -0.2) is 48.9 Å². The van der Waals surface area contributed by atoms with Crippen LogP contribution in [0.4, 0.5) is 10.6 Å². The first-order valence-electron chi connectivity index (χ1n) is 8.44. The molecule has 2 heterocycles. The van der Waals surface area contributed by atoms with E-state index in [1.54, 1.807) is 13.0 Å². The Bertz CT molecular complexity index is 681. The van der Waals surface area contributed by atoms with E-state index >= 15 is 0 Å². The molecule has 24 heavy (non-hydrogen) atoms. The van der Waals surface area contributed by atoms with E-state index in [-0.39, 0.29) is 18.6 Å². The average molecular weight is 356 g/mol. The van der Waals surface area contributed by atoms with Gasteiger partial charge in [-0.3, -0.25) is 5.32 Å². The molecule has 1 aromatic heterocycles. The minimum absolute atomic E-state index is 0.0531. The summed E-state index contributed by atoms with van der Waals surface area (Å²) in [6, 6.07) is 1.33. The molecule has 1 atom stereocenters. The molecule has 134 valence electrons. The second-order valence-corrected chi connectivity index (χ2v) is 8.60. The largest absolute Gasteiger partial charge is 0.360 e. The quantitative estimate of drug-likeness (QED) is 0.856. The van der Waals surface area contributed by atoms with Crippen LogP contribution in [0.15, 0.2) is 10.6 Å². The maximum atomic E-state index is 12.6. The number of aromatic nitrogens is 1. The molecule has 8 nitrogen and oxygen atoms in total. The number of piperidine rings is 1. The summed E-state index contributed by atoms with van der Waals surface area (Å²) in [5.74, 6) is 0.941. The summed E-state index contributed by atoms with van der Waals surface area (Å²) in [7, 11) is -3.41. The molecule has 9 heteroatoms. The molecule has 1 aliphatic carbocycles. The third-order valence-electron chi connectivity index (χ3n) is 4.65. The van der Waals surface area contributed by atoms with E-state index < -0.39 is 15.3 Å². The van der Waals surface area contributed by atoms with Crippen molar-refractivity contribution in [2.45, 2.75) is 56.7 Å². The lowest BCUT2D eigenvalue weighted by molar-refractivity contribution is 0.200. The lowest BCUT2D eigenvalue weighted by Crippen LogP contribution is -2.50. The smallest absolute Gasteiger partial charge is 0.323 e. The normalized spacial score (nSPS) is 22.7. The van der Waals surface area contributed by atoms with Crippen molar-refractivity contribution in [1.29, 1.82) is 0 Å². The van der Waals surface area contributed by atoms with E-state index in [1.807, 2.05) is 0 Å². The van der Waals surface area contributed by atoms with Gasteiger partial charge in [0.25, 0.3) is 0 Å². The van der Waals surface area contributed by atoms with Gasteiger partial charge in [-0.2, -0.15) is 0 Å². The van der Waals surface area contributed by atoms with E-state index in [1.165, 1.54) is 4.90 Å². The number of urea groups is 1. The molecule has 2 fully saturated rings. The molecule has 2 amide bonds. The summed E-state index contributed by atoms with van der Waals surface area (Å²) >= 11 is 0. The summed E-state index contributed by atoms with van der Waals surface area (Å²) in [5, 5.41) is 5.81. The molecule has 3 rings (SSSR count). The fourth-order valence-electron chi connectivity index (χ4n) is 3.36. The summed E-state index contributed by atoms with van der Waals surface area (Å²) < 4.78 is 32.9. The summed E-state index contributed by atoms with van der Waals surface area (Å²) in [6.45, 7) is 2.48. The molecule has 1 aliphatic heterocycles. The standard InChI is InChI=1S/C15H24N4O4S/c1-11-9-14(17-23-11)16-15(20)19-8-4-7-13(10-19)24(21,22)18-12-5-2-3-6-12/h9,12-13,18H,2-8,10H2,1H3,(H,16,17,20). The number of nitrogens with one attached hydrogen (secondary N) is 2. The number of carbonyl (C=O) groups is 1. The summed E-state index contributed by atoms with van der Waals surface area (Å²) in [5.41, 5.74) is 0. The Labute approximate surface area is 142 Å². The van der Waals surface area contributed by atoms with Crippen molar-refractivity contribution < 1.29 is 17.7 Å². The molecule has 0 aromatic carbocycles. The first-order valence-corrected chi connectivity index (χ1v) is 9.99. The van der Waals surface area contributed by atoms with Crippen molar-refractivity contribution in [1.82, 2.24) is 14.8 Å². The Hall–Kier alpha value is -1.61. The topological polar surface area (TPSA) is 105 Å². The van der Waals surface area contributed by atoms with E-state index in [0.717, 1.165) is 25.7 Å². The number of sulfonamides is 1. The van der Waals surface area contributed by atoms with Crippen molar-refractivity contribution in [3.05, 3.63) is 11.8 Å². The van der Waals surface area contributed by atoms with E-state index in [4.69, 9.17) is 4.52 Å². The van der Waals surface area contributed by atoms with E-state index in [9.17, 15) is 13.2 Å². The molecule has 1 aromatic rings. The fraction of sp³-hybridized carbons (Fsp3) is 0.733. The molecular formula is C15H24N4O4S. The summed E-state index contributed by atoms with van der Waals surface area (Å²) in [6.07, 6.45) is 5.20. The zero-order chi connectivity index (χ0) is 17.2. The molecule has 0 bridgehead atoms. The van der Waals surface area contributed by atoms with Gasteiger partial charge in [-0.05, 0) is 32.6 Å². The van der Waals surface area contributed by atoms with Crippen LogP contribution in [-0.2, 0) is 10.0 Å². The highest BCUT2D eigenvalue weighted by Crippen LogP contribution is 2.22. The second-order valence-electron chi connectivity index (χ2n) is 6.61. The summed E-state index contributed by atoms with van der Waals surface area (Å²) in [4.78, 5) is 13.8. The molecule has 2 aliphatic rings. The molecule has 1 saturated heterocycles. The van der Waals surface area contributed by atoms with E-state index in [0.29, 0.717) is 31.0 Å². The number of hydrogen-bond acceptors (Lipinski definition) is 5. The van der Waals surface area contributed by atoms with Crippen molar-refractivity contribution in [2.24, 2.45) is 0 Å². The minimum atomic E-state index is -3.41. The van der Waals surface area contributed by atoms with Crippen molar-refractivity contribution in [3.8, 4) is 0 Å². The van der Waals surface area contributed by atoms with Crippen molar-refractivity contribution in [2.75, 3.05) is 18.4 Å². The number of amides is 2. The van der Waals surface area contributed by atoms with Crippen LogP contribution in [0.2, 0.25) is 0 Å². The van der Waals surface area contributed by atoms with Gasteiger partial charge >= 0.3 is 6.03 Å². The van der Waals surface area contributed by atoms with Crippen molar-refractivity contribution >= 4 is 21.9 Å². The first-order chi connectivity index (χ1) is 11.4. The van der Waals surface area contributed by atoms with Gasteiger partial charge in [0.2, 0.25) is 10.0 Å². The Kier molecular flexibility index (Phi) is 5.09. The number of hydrogen-bond donors (Lipinski definition) is 2. The Morgan fingerprint density at radius 3 is 2.71 bits per heavy atom. The van der Waals surface area contributed by atoms with Gasteiger partial charge in [0, 0.05) is 25.2 Å². The predicted molar refractivity (Wildman–Crippen MR) is 89.2 cm³/mol. The third kappa shape index (κ3) is 4.07. The average Bonchev–Trinajstić information content (AvgIpc) is 3.19. The number of nitrogens with zero attached hydrogens (tertiary/aromatic N) is 2. The van der Waals surface area contributed by atoms with Crippen molar-refractivity contribution in [3.63, 3.8) is 0 Å².